The Balaban J connectivity index is 2.01. The lowest BCUT2D eigenvalue weighted by Crippen LogP contribution is -2.31. The summed E-state index contributed by atoms with van der Waals surface area (Å²) in [6.07, 6.45) is -0.294. The summed E-state index contributed by atoms with van der Waals surface area (Å²) in [5.74, 6) is -0.548. The van der Waals surface area contributed by atoms with Crippen LogP contribution in [-0.2, 0) is 14.2 Å². The summed E-state index contributed by atoms with van der Waals surface area (Å²) >= 11 is 0. The van der Waals surface area contributed by atoms with Gasteiger partial charge in [-0.25, -0.2) is 0 Å². The predicted octanol–water partition coefficient (Wildman–Crippen LogP) is 1.22. The molecular formula is C8H13N3O3. The highest BCUT2D eigenvalue weighted by molar-refractivity contribution is 4.93. The topological polar surface area (TPSA) is 76.5 Å². The lowest BCUT2D eigenvalue weighted by atomic mass is 10.1. The van der Waals surface area contributed by atoms with Crippen LogP contribution in [0, 0.1) is 0 Å². The second-order valence-electron chi connectivity index (χ2n) is 3.92. The van der Waals surface area contributed by atoms with Crippen molar-refractivity contribution in [2.75, 3.05) is 13.2 Å². The minimum atomic E-state index is -0.548. The van der Waals surface area contributed by atoms with E-state index in [1.54, 1.807) is 0 Å². The van der Waals surface area contributed by atoms with Crippen molar-refractivity contribution in [3.8, 4) is 0 Å². The van der Waals surface area contributed by atoms with Crippen molar-refractivity contribution < 1.29 is 14.2 Å². The molecule has 0 amide bonds. The maximum absolute atomic E-state index is 8.20. The fourth-order valence-electron chi connectivity index (χ4n) is 1.89. The standard InChI is InChI=1S/C8H13N3O3/c1-8(2)13-6-4-12-5(3-10-11-9)7(6)14-8/h5-7H,3-4H2,1-2H3/t5-,6?,7?/m1/s1. The van der Waals surface area contributed by atoms with Gasteiger partial charge in [0.2, 0.25) is 0 Å². The Morgan fingerprint density at radius 3 is 3.00 bits per heavy atom. The van der Waals surface area contributed by atoms with Gasteiger partial charge < -0.3 is 14.2 Å². The third-order valence-electron chi connectivity index (χ3n) is 2.39. The van der Waals surface area contributed by atoms with Gasteiger partial charge in [0.1, 0.15) is 12.2 Å². The maximum Gasteiger partial charge on any atom is 0.164 e. The molecule has 0 aliphatic carbocycles. The minimum absolute atomic E-state index is 0.0242. The molecule has 14 heavy (non-hydrogen) atoms. The summed E-state index contributed by atoms with van der Waals surface area (Å²) in [4.78, 5) is 2.70. The molecule has 0 spiro atoms. The van der Waals surface area contributed by atoms with E-state index in [4.69, 9.17) is 19.7 Å². The third-order valence-corrected chi connectivity index (χ3v) is 2.39. The predicted molar refractivity (Wildman–Crippen MR) is 47.6 cm³/mol. The van der Waals surface area contributed by atoms with Crippen LogP contribution < -0.4 is 0 Å². The second-order valence-corrected chi connectivity index (χ2v) is 3.92. The Morgan fingerprint density at radius 1 is 1.50 bits per heavy atom. The molecule has 2 heterocycles. The fraction of sp³-hybridized carbons (Fsp3) is 1.00. The van der Waals surface area contributed by atoms with E-state index < -0.39 is 5.79 Å². The van der Waals surface area contributed by atoms with E-state index in [-0.39, 0.29) is 18.3 Å². The first-order valence-corrected chi connectivity index (χ1v) is 4.60. The maximum atomic E-state index is 8.20. The summed E-state index contributed by atoms with van der Waals surface area (Å²) in [6.45, 7) is 4.56. The van der Waals surface area contributed by atoms with Crippen LogP contribution in [0.4, 0.5) is 0 Å². The number of nitrogens with zero attached hydrogens (tertiary/aromatic N) is 3. The zero-order valence-electron chi connectivity index (χ0n) is 8.21. The van der Waals surface area contributed by atoms with Gasteiger partial charge in [0.15, 0.2) is 5.79 Å². The Hall–Kier alpha value is -0.810. The lowest BCUT2D eigenvalue weighted by Gasteiger charge is -2.20. The molecule has 2 unspecified atom stereocenters. The van der Waals surface area contributed by atoms with Crippen molar-refractivity contribution in [1.82, 2.24) is 0 Å². The fourth-order valence-corrected chi connectivity index (χ4v) is 1.89. The molecule has 0 saturated carbocycles. The van der Waals surface area contributed by atoms with Crippen LogP contribution in [0.15, 0.2) is 5.11 Å². The van der Waals surface area contributed by atoms with Crippen molar-refractivity contribution in [3.63, 3.8) is 0 Å². The van der Waals surface area contributed by atoms with Crippen molar-refractivity contribution in [2.45, 2.75) is 37.9 Å². The van der Waals surface area contributed by atoms with Crippen LogP contribution in [-0.4, -0.2) is 37.3 Å². The molecule has 2 fully saturated rings. The van der Waals surface area contributed by atoms with Crippen molar-refractivity contribution in [3.05, 3.63) is 10.4 Å². The molecule has 0 aromatic carbocycles. The number of azide groups is 1. The van der Waals surface area contributed by atoms with Crippen LogP contribution in [0.5, 0.6) is 0 Å². The Labute approximate surface area is 81.8 Å². The van der Waals surface area contributed by atoms with Crippen LogP contribution in [0.1, 0.15) is 13.8 Å². The van der Waals surface area contributed by atoms with E-state index in [2.05, 4.69) is 10.0 Å². The van der Waals surface area contributed by atoms with Gasteiger partial charge in [-0.3, -0.25) is 0 Å². The minimum Gasteiger partial charge on any atom is -0.372 e. The van der Waals surface area contributed by atoms with Gasteiger partial charge in [0, 0.05) is 4.91 Å². The zero-order chi connectivity index (χ0) is 10.2. The molecule has 0 aromatic rings. The SMILES string of the molecule is CC1(C)OC2CO[C@H](CN=[N+]=[N-])C2O1. The van der Waals surface area contributed by atoms with Gasteiger partial charge in [0.25, 0.3) is 0 Å². The zero-order valence-corrected chi connectivity index (χ0v) is 8.21. The van der Waals surface area contributed by atoms with Gasteiger partial charge in [-0.1, -0.05) is 5.11 Å². The Morgan fingerprint density at radius 2 is 2.29 bits per heavy atom. The average Bonchev–Trinajstić information content (AvgIpc) is 2.57. The van der Waals surface area contributed by atoms with Gasteiger partial charge in [-0.15, -0.1) is 0 Å². The molecule has 78 valence electrons. The van der Waals surface area contributed by atoms with Crippen LogP contribution in [0.25, 0.3) is 10.4 Å². The van der Waals surface area contributed by atoms with Crippen molar-refractivity contribution >= 4 is 0 Å². The number of hydrogen-bond donors (Lipinski definition) is 0. The molecule has 6 nitrogen and oxygen atoms in total. The molecule has 2 rings (SSSR count). The van der Waals surface area contributed by atoms with E-state index in [1.807, 2.05) is 13.8 Å². The van der Waals surface area contributed by atoms with Crippen LogP contribution in [0.3, 0.4) is 0 Å². The third kappa shape index (κ3) is 1.69. The van der Waals surface area contributed by atoms with Gasteiger partial charge in [-0.05, 0) is 19.4 Å². The highest BCUT2D eigenvalue weighted by Crippen LogP contribution is 2.35. The molecule has 0 radical (unpaired) electrons. The smallest absolute Gasteiger partial charge is 0.164 e. The average molecular weight is 199 g/mol. The van der Waals surface area contributed by atoms with E-state index in [1.165, 1.54) is 0 Å². The normalized spacial score (nSPS) is 39.1. The molecule has 0 N–H and O–H groups in total. The molecule has 2 aliphatic heterocycles. The Bertz CT molecular complexity index is 275. The molecule has 2 saturated heterocycles. The van der Waals surface area contributed by atoms with E-state index >= 15 is 0 Å². The lowest BCUT2D eigenvalue weighted by molar-refractivity contribution is -0.173. The van der Waals surface area contributed by atoms with E-state index in [0.29, 0.717) is 13.2 Å². The number of rotatable bonds is 2. The van der Waals surface area contributed by atoms with Gasteiger partial charge >= 0.3 is 0 Å². The summed E-state index contributed by atoms with van der Waals surface area (Å²) < 4.78 is 16.7. The summed E-state index contributed by atoms with van der Waals surface area (Å²) in [5.41, 5.74) is 8.20. The summed E-state index contributed by atoms with van der Waals surface area (Å²) in [6, 6.07) is 0. The van der Waals surface area contributed by atoms with Gasteiger partial charge in [-0.2, -0.15) is 0 Å². The summed E-state index contributed by atoms with van der Waals surface area (Å²) in [5, 5.41) is 3.48. The van der Waals surface area contributed by atoms with E-state index in [0.717, 1.165) is 0 Å². The highest BCUT2D eigenvalue weighted by Gasteiger charge is 2.49. The van der Waals surface area contributed by atoms with Gasteiger partial charge in [0.05, 0.1) is 19.3 Å². The number of fused-ring (bicyclic) bond motifs is 1. The molecule has 0 bridgehead atoms. The van der Waals surface area contributed by atoms with Crippen LogP contribution in [0.2, 0.25) is 0 Å². The molecule has 2 aliphatic rings. The first-order chi connectivity index (χ1) is 6.62. The number of hydrogen-bond acceptors (Lipinski definition) is 4. The molecule has 6 heteroatoms. The van der Waals surface area contributed by atoms with Crippen molar-refractivity contribution in [2.24, 2.45) is 5.11 Å². The first-order valence-electron chi connectivity index (χ1n) is 4.60. The highest BCUT2D eigenvalue weighted by atomic mass is 16.8. The summed E-state index contributed by atoms with van der Waals surface area (Å²) in [7, 11) is 0. The Kier molecular flexibility index (Phi) is 2.36. The number of ether oxygens (including phenoxy) is 3. The molecular weight excluding hydrogens is 186 g/mol. The largest absolute Gasteiger partial charge is 0.372 e. The van der Waals surface area contributed by atoms with Crippen molar-refractivity contribution in [1.29, 1.82) is 0 Å². The van der Waals surface area contributed by atoms with E-state index in [9.17, 15) is 0 Å². The molecule has 0 aromatic heterocycles. The van der Waals surface area contributed by atoms with Crippen LogP contribution >= 0.6 is 0 Å². The molecule has 3 atom stereocenters. The monoisotopic (exact) mass is 199 g/mol. The quantitative estimate of drug-likeness (QED) is 0.381. The first kappa shape index (κ1) is 9.73. The second kappa shape index (κ2) is 3.40.